The zero-order chi connectivity index (χ0) is 13.2. The van der Waals surface area contributed by atoms with Crippen molar-refractivity contribution < 1.29 is 15.0 Å². The van der Waals surface area contributed by atoms with E-state index in [1.54, 1.807) is 13.8 Å². The molecule has 0 fully saturated rings. The van der Waals surface area contributed by atoms with E-state index in [4.69, 9.17) is 0 Å². The van der Waals surface area contributed by atoms with E-state index in [0.29, 0.717) is 0 Å². The lowest BCUT2D eigenvalue weighted by atomic mass is 9.96. The Labute approximate surface area is 97.0 Å². The van der Waals surface area contributed by atoms with Crippen molar-refractivity contribution in [1.82, 2.24) is 0 Å². The van der Waals surface area contributed by atoms with Crippen LogP contribution in [0.3, 0.4) is 0 Å². The van der Waals surface area contributed by atoms with Gasteiger partial charge in [-0.15, -0.1) is 0 Å². The average molecular weight is 240 g/mol. The SMILES string of the molecule is CC(C)C(O)c1c([N+](=O)[O-])cccc1[N+](=O)[O-]. The minimum atomic E-state index is -1.24. The molecule has 0 saturated carbocycles. The first-order chi connectivity index (χ1) is 7.86. The van der Waals surface area contributed by atoms with Crippen molar-refractivity contribution in [3.63, 3.8) is 0 Å². The molecule has 7 nitrogen and oxygen atoms in total. The second-order valence-corrected chi connectivity index (χ2v) is 3.91. The molecule has 7 heteroatoms. The molecule has 0 bridgehead atoms. The van der Waals surface area contributed by atoms with Crippen molar-refractivity contribution in [3.8, 4) is 0 Å². The molecule has 0 aliphatic heterocycles. The fourth-order valence-corrected chi connectivity index (χ4v) is 1.50. The molecule has 0 aliphatic carbocycles. The molecule has 0 radical (unpaired) electrons. The van der Waals surface area contributed by atoms with Crippen molar-refractivity contribution >= 4 is 11.4 Å². The summed E-state index contributed by atoms with van der Waals surface area (Å²) < 4.78 is 0. The number of benzene rings is 1. The molecule has 1 aromatic rings. The molecular weight excluding hydrogens is 228 g/mol. The first-order valence-electron chi connectivity index (χ1n) is 4.96. The Morgan fingerprint density at radius 2 is 1.53 bits per heavy atom. The number of hydrogen-bond donors (Lipinski definition) is 1. The van der Waals surface area contributed by atoms with Gasteiger partial charge in [0.1, 0.15) is 5.56 Å². The second kappa shape index (κ2) is 4.88. The van der Waals surface area contributed by atoms with Gasteiger partial charge in [0.05, 0.1) is 16.0 Å². The van der Waals surface area contributed by atoms with Gasteiger partial charge in [0, 0.05) is 12.1 Å². The first-order valence-corrected chi connectivity index (χ1v) is 4.96. The van der Waals surface area contributed by atoms with Crippen LogP contribution in [0.4, 0.5) is 11.4 Å². The summed E-state index contributed by atoms with van der Waals surface area (Å²) in [6.07, 6.45) is -1.24. The number of aliphatic hydroxyl groups is 1. The van der Waals surface area contributed by atoms with Crippen LogP contribution in [-0.2, 0) is 0 Å². The fourth-order valence-electron chi connectivity index (χ4n) is 1.50. The summed E-state index contributed by atoms with van der Waals surface area (Å²) in [5.74, 6) is -0.352. The summed E-state index contributed by atoms with van der Waals surface area (Å²) >= 11 is 0. The van der Waals surface area contributed by atoms with Gasteiger partial charge in [0.25, 0.3) is 11.4 Å². The standard InChI is InChI=1S/C10H12N2O5/c1-6(2)10(13)9-7(11(14)15)4-3-5-8(9)12(16)17/h3-6,10,13H,1-2H3. The molecule has 1 unspecified atom stereocenters. The normalized spacial score (nSPS) is 12.5. The number of hydrogen-bond acceptors (Lipinski definition) is 5. The summed E-state index contributed by atoms with van der Waals surface area (Å²) in [5, 5.41) is 31.4. The van der Waals surface area contributed by atoms with Gasteiger partial charge in [-0.2, -0.15) is 0 Å². The number of nitrogens with zero attached hydrogens (tertiary/aromatic N) is 2. The van der Waals surface area contributed by atoms with Crippen LogP contribution in [0.2, 0.25) is 0 Å². The van der Waals surface area contributed by atoms with Gasteiger partial charge in [-0.1, -0.05) is 13.8 Å². The summed E-state index contributed by atoms with van der Waals surface area (Å²) in [5.41, 5.74) is -1.10. The number of nitro benzene ring substituents is 2. The van der Waals surface area contributed by atoms with Crippen LogP contribution >= 0.6 is 0 Å². The maximum Gasteiger partial charge on any atom is 0.282 e. The lowest BCUT2D eigenvalue weighted by Gasteiger charge is -2.14. The van der Waals surface area contributed by atoms with Crippen molar-refractivity contribution in [2.24, 2.45) is 5.92 Å². The Hall–Kier alpha value is -2.02. The first kappa shape index (κ1) is 13.0. The highest BCUT2D eigenvalue weighted by Gasteiger charge is 2.31. The largest absolute Gasteiger partial charge is 0.388 e. The van der Waals surface area contributed by atoms with E-state index in [-0.39, 0.29) is 11.5 Å². The Morgan fingerprint density at radius 1 is 1.12 bits per heavy atom. The van der Waals surface area contributed by atoms with Crippen LogP contribution in [-0.4, -0.2) is 15.0 Å². The van der Waals surface area contributed by atoms with Crippen LogP contribution in [0.5, 0.6) is 0 Å². The predicted octanol–water partition coefficient (Wildman–Crippen LogP) is 2.19. The molecular formula is C10H12N2O5. The van der Waals surface area contributed by atoms with Gasteiger partial charge < -0.3 is 5.11 Å². The minimum absolute atomic E-state index is 0.238. The molecule has 92 valence electrons. The highest BCUT2D eigenvalue weighted by atomic mass is 16.6. The number of rotatable bonds is 4. The third-order valence-electron chi connectivity index (χ3n) is 2.38. The van der Waals surface area contributed by atoms with E-state index in [0.717, 1.165) is 12.1 Å². The number of nitro groups is 2. The molecule has 1 rings (SSSR count). The van der Waals surface area contributed by atoms with Crippen molar-refractivity contribution in [1.29, 1.82) is 0 Å². The molecule has 1 N–H and O–H groups in total. The topological polar surface area (TPSA) is 107 Å². The van der Waals surface area contributed by atoms with Gasteiger partial charge in [-0.25, -0.2) is 0 Å². The van der Waals surface area contributed by atoms with Crippen LogP contribution in [0.1, 0.15) is 25.5 Å². The van der Waals surface area contributed by atoms with Crippen molar-refractivity contribution in [2.45, 2.75) is 20.0 Å². The van der Waals surface area contributed by atoms with Crippen LogP contribution in [0, 0.1) is 26.1 Å². The molecule has 0 aromatic heterocycles. The Morgan fingerprint density at radius 3 is 1.82 bits per heavy atom. The highest BCUT2D eigenvalue weighted by Crippen LogP contribution is 2.36. The number of aliphatic hydroxyl groups excluding tert-OH is 1. The Kier molecular flexibility index (Phi) is 3.74. The Bertz CT molecular complexity index is 426. The molecule has 0 spiro atoms. The summed E-state index contributed by atoms with van der Waals surface area (Å²) in [7, 11) is 0. The van der Waals surface area contributed by atoms with Gasteiger partial charge >= 0.3 is 0 Å². The third kappa shape index (κ3) is 2.56. The molecule has 17 heavy (non-hydrogen) atoms. The van der Waals surface area contributed by atoms with Gasteiger partial charge in [-0.3, -0.25) is 20.2 Å². The monoisotopic (exact) mass is 240 g/mol. The quantitative estimate of drug-likeness (QED) is 0.641. The zero-order valence-corrected chi connectivity index (χ0v) is 9.36. The van der Waals surface area contributed by atoms with Gasteiger partial charge in [0.15, 0.2) is 0 Å². The molecule has 1 aromatic carbocycles. The fraction of sp³-hybridized carbons (Fsp3) is 0.400. The molecule has 0 heterocycles. The van der Waals surface area contributed by atoms with E-state index in [9.17, 15) is 25.3 Å². The van der Waals surface area contributed by atoms with Crippen molar-refractivity contribution in [2.75, 3.05) is 0 Å². The van der Waals surface area contributed by atoms with E-state index in [1.807, 2.05) is 0 Å². The lowest BCUT2D eigenvalue weighted by Crippen LogP contribution is -2.11. The van der Waals surface area contributed by atoms with E-state index in [2.05, 4.69) is 0 Å². The minimum Gasteiger partial charge on any atom is -0.388 e. The van der Waals surface area contributed by atoms with E-state index in [1.165, 1.54) is 6.07 Å². The van der Waals surface area contributed by atoms with Crippen molar-refractivity contribution in [3.05, 3.63) is 44.0 Å². The molecule has 0 aliphatic rings. The smallest absolute Gasteiger partial charge is 0.282 e. The van der Waals surface area contributed by atoms with Crippen LogP contribution in [0.25, 0.3) is 0 Å². The van der Waals surface area contributed by atoms with Gasteiger partial charge in [0.2, 0.25) is 0 Å². The Balaban J connectivity index is 3.49. The summed E-state index contributed by atoms with van der Waals surface area (Å²) in [6.45, 7) is 3.26. The summed E-state index contributed by atoms with van der Waals surface area (Å²) in [4.78, 5) is 20.1. The van der Waals surface area contributed by atoms with Crippen LogP contribution < -0.4 is 0 Å². The summed E-state index contributed by atoms with van der Waals surface area (Å²) in [6, 6.07) is 3.52. The zero-order valence-electron chi connectivity index (χ0n) is 9.36. The van der Waals surface area contributed by atoms with Crippen LogP contribution in [0.15, 0.2) is 18.2 Å². The molecule has 0 amide bonds. The van der Waals surface area contributed by atoms with E-state index >= 15 is 0 Å². The second-order valence-electron chi connectivity index (χ2n) is 3.91. The average Bonchev–Trinajstić information content (AvgIpc) is 2.26. The lowest BCUT2D eigenvalue weighted by molar-refractivity contribution is -0.396. The van der Waals surface area contributed by atoms with Gasteiger partial charge in [-0.05, 0) is 12.0 Å². The molecule has 0 saturated heterocycles. The van der Waals surface area contributed by atoms with E-state index < -0.39 is 27.3 Å². The third-order valence-corrected chi connectivity index (χ3v) is 2.38. The predicted molar refractivity (Wildman–Crippen MR) is 59.5 cm³/mol. The maximum absolute atomic E-state index is 10.8. The molecule has 1 atom stereocenters. The highest BCUT2D eigenvalue weighted by molar-refractivity contribution is 5.54. The maximum atomic E-state index is 10.8.